The van der Waals surface area contributed by atoms with E-state index in [2.05, 4.69) is 56.9 Å². The van der Waals surface area contributed by atoms with Crippen LogP contribution in [0.1, 0.15) is 28.4 Å². The molecule has 0 radical (unpaired) electrons. The number of carbonyl (C=O) groups is 3. The zero-order valence-corrected chi connectivity index (χ0v) is 23.2. The van der Waals surface area contributed by atoms with Crippen molar-refractivity contribution < 1.29 is 29.0 Å². The Hall–Kier alpha value is -4.80. The zero-order chi connectivity index (χ0) is 29.7. The lowest BCUT2D eigenvalue weighted by Crippen LogP contribution is -2.46. The highest BCUT2D eigenvalue weighted by molar-refractivity contribution is 5.93. The number of aryl methyl sites for hydroxylation is 1. The van der Waals surface area contributed by atoms with Crippen LogP contribution in [0.3, 0.4) is 0 Å². The van der Waals surface area contributed by atoms with Crippen LogP contribution in [-0.4, -0.2) is 80.0 Å². The summed E-state index contributed by atoms with van der Waals surface area (Å²) >= 11 is 0. The van der Waals surface area contributed by atoms with Crippen LogP contribution in [0.2, 0.25) is 0 Å². The second-order valence-corrected chi connectivity index (χ2v) is 9.72. The molecule has 42 heavy (non-hydrogen) atoms. The van der Waals surface area contributed by atoms with E-state index in [1.54, 1.807) is 18.4 Å². The van der Waals surface area contributed by atoms with Gasteiger partial charge in [-0.3, -0.25) is 14.6 Å². The van der Waals surface area contributed by atoms with E-state index >= 15 is 0 Å². The van der Waals surface area contributed by atoms with Crippen LogP contribution in [0.15, 0.2) is 95.6 Å². The normalized spacial score (nSPS) is 14.3. The first-order valence-electron chi connectivity index (χ1n) is 13.7. The molecule has 1 saturated heterocycles. The summed E-state index contributed by atoms with van der Waals surface area (Å²) in [6.45, 7) is 6.45. The Labute approximate surface area is 243 Å². The number of imidazole rings is 1. The number of benzene rings is 2. The van der Waals surface area contributed by atoms with Gasteiger partial charge in [-0.15, -0.1) is 0 Å². The minimum Gasteiger partial charge on any atom is -0.478 e. The molecule has 0 amide bonds. The van der Waals surface area contributed by atoms with Gasteiger partial charge in [0, 0.05) is 57.8 Å². The van der Waals surface area contributed by atoms with Crippen molar-refractivity contribution in [1.29, 1.82) is 0 Å². The lowest BCUT2D eigenvalue weighted by atomic mass is 10.2. The summed E-state index contributed by atoms with van der Waals surface area (Å²) in [6, 6.07) is 22.1. The lowest BCUT2D eigenvalue weighted by molar-refractivity contribution is -0.134. The van der Waals surface area contributed by atoms with Crippen molar-refractivity contribution in [2.75, 3.05) is 32.7 Å². The van der Waals surface area contributed by atoms with Crippen LogP contribution in [0.25, 0.3) is 17.1 Å². The molecular formula is C32H34N4O6. The Balaban J connectivity index is 0.000000446. The van der Waals surface area contributed by atoms with Crippen molar-refractivity contribution >= 4 is 34.8 Å². The Morgan fingerprint density at radius 1 is 0.833 bits per heavy atom. The summed E-state index contributed by atoms with van der Waals surface area (Å²) in [5.41, 5.74) is 3.30. The summed E-state index contributed by atoms with van der Waals surface area (Å²) in [5, 5.41) is 15.6. The Kier molecular flexibility index (Phi) is 11.0. The van der Waals surface area contributed by atoms with Gasteiger partial charge in [-0.25, -0.2) is 14.6 Å². The number of rotatable bonds is 11. The molecule has 0 saturated carbocycles. The van der Waals surface area contributed by atoms with Gasteiger partial charge in [0.15, 0.2) is 11.5 Å². The smallest absolute Gasteiger partial charge is 0.328 e. The van der Waals surface area contributed by atoms with Crippen molar-refractivity contribution in [3.05, 3.63) is 108 Å². The Bertz CT molecular complexity index is 1500. The average molecular weight is 571 g/mol. The molecule has 10 heteroatoms. The molecule has 0 unspecified atom stereocenters. The fourth-order valence-electron chi connectivity index (χ4n) is 4.64. The van der Waals surface area contributed by atoms with Crippen LogP contribution >= 0.6 is 0 Å². The predicted molar refractivity (Wildman–Crippen MR) is 159 cm³/mol. The van der Waals surface area contributed by atoms with Crippen molar-refractivity contribution in [3.8, 4) is 0 Å². The number of carboxylic acid groups (broad SMARTS) is 2. The van der Waals surface area contributed by atoms with E-state index in [-0.39, 0.29) is 5.78 Å². The molecule has 10 nitrogen and oxygen atoms in total. The maximum atomic E-state index is 12.5. The molecule has 1 aliphatic rings. The lowest BCUT2D eigenvalue weighted by Gasteiger charge is -2.34. The van der Waals surface area contributed by atoms with Crippen LogP contribution in [0.5, 0.6) is 0 Å². The number of Topliss-reactive ketones (excluding diaryl/α,β-unsaturated/α-hetero) is 1. The highest BCUT2D eigenvalue weighted by Gasteiger charge is 2.20. The molecule has 2 N–H and O–H groups in total. The minimum absolute atomic E-state index is 0.0194. The van der Waals surface area contributed by atoms with Gasteiger partial charge in [0.2, 0.25) is 0 Å². The molecule has 2 aromatic heterocycles. The van der Waals surface area contributed by atoms with Crippen LogP contribution in [0.4, 0.5) is 0 Å². The molecule has 3 heterocycles. The zero-order valence-electron chi connectivity index (χ0n) is 23.2. The third-order valence-corrected chi connectivity index (χ3v) is 6.76. The van der Waals surface area contributed by atoms with Crippen molar-refractivity contribution in [2.24, 2.45) is 0 Å². The number of carboxylic acids is 2. The SMILES string of the molecule is O=C(CCn1c(CN2CCN(C/C=C/c3ccccc3)CC2)nc2ccccc21)c1ccco1.O=C(O)/C=C\C(=O)O. The van der Waals surface area contributed by atoms with Gasteiger partial charge in [0.25, 0.3) is 0 Å². The summed E-state index contributed by atoms with van der Waals surface area (Å²) in [6.07, 6.45) is 7.49. The Morgan fingerprint density at radius 3 is 2.17 bits per heavy atom. The molecule has 1 aliphatic heterocycles. The quantitative estimate of drug-likeness (QED) is 0.199. The molecule has 5 rings (SSSR count). The van der Waals surface area contributed by atoms with Gasteiger partial charge < -0.3 is 19.2 Å². The molecule has 4 aromatic rings. The summed E-state index contributed by atoms with van der Waals surface area (Å²) in [4.78, 5) is 41.5. The number of nitrogens with zero attached hydrogens (tertiary/aromatic N) is 4. The average Bonchev–Trinajstić information content (AvgIpc) is 3.65. The van der Waals surface area contributed by atoms with Crippen molar-refractivity contribution in [3.63, 3.8) is 0 Å². The van der Waals surface area contributed by atoms with Gasteiger partial charge in [0.05, 0.1) is 23.8 Å². The standard InChI is InChI=1S/C28H30N4O2.C4H4O4/c33-26(27-13-7-21-34-27)14-16-32-25-12-5-4-11-24(25)29-28(32)22-31-19-17-30(18-20-31)15-6-10-23-8-2-1-3-9-23;5-3(6)1-2-4(7)8/h1-13,21H,14-20,22H2;1-2H,(H,5,6)(H,7,8)/b10-6+;2-1-. The third kappa shape index (κ3) is 9.12. The van der Waals surface area contributed by atoms with Gasteiger partial charge >= 0.3 is 11.9 Å². The minimum atomic E-state index is -1.26. The van der Waals surface area contributed by atoms with E-state index in [9.17, 15) is 14.4 Å². The summed E-state index contributed by atoms with van der Waals surface area (Å²) < 4.78 is 7.47. The highest BCUT2D eigenvalue weighted by atomic mass is 16.4. The first kappa shape index (κ1) is 30.2. The number of piperazine rings is 1. The fraction of sp³-hybridized carbons (Fsp3) is 0.250. The number of fused-ring (bicyclic) bond motifs is 1. The fourth-order valence-corrected chi connectivity index (χ4v) is 4.64. The summed E-state index contributed by atoms with van der Waals surface area (Å²) in [5.74, 6) is -1.06. The number of furan rings is 1. The van der Waals surface area contributed by atoms with Gasteiger partial charge in [-0.05, 0) is 29.8 Å². The van der Waals surface area contributed by atoms with Gasteiger partial charge in [0.1, 0.15) is 5.82 Å². The van der Waals surface area contributed by atoms with Crippen molar-refractivity contribution in [2.45, 2.75) is 19.5 Å². The molecule has 0 atom stereocenters. The second-order valence-electron chi connectivity index (χ2n) is 9.72. The second kappa shape index (κ2) is 15.3. The summed E-state index contributed by atoms with van der Waals surface area (Å²) in [7, 11) is 0. The van der Waals surface area contributed by atoms with Crippen LogP contribution < -0.4 is 0 Å². The first-order chi connectivity index (χ1) is 20.4. The Morgan fingerprint density at radius 2 is 1.50 bits per heavy atom. The van der Waals surface area contributed by atoms with Crippen LogP contribution in [0, 0.1) is 0 Å². The van der Waals surface area contributed by atoms with E-state index in [0.717, 1.165) is 56.1 Å². The highest BCUT2D eigenvalue weighted by Crippen LogP contribution is 2.19. The van der Waals surface area contributed by atoms with Crippen molar-refractivity contribution in [1.82, 2.24) is 19.4 Å². The molecule has 218 valence electrons. The van der Waals surface area contributed by atoms with Gasteiger partial charge in [-0.2, -0.15) is 0 Å². The maximum absolute atomic E-state index is 12.5. The molecule has 0 aliphatic carbocycles. The van der Waals surface area contributed by atoms with E-state index in [1.807, 2.05) is 24.3 Å². The largest absolute Gasteiger partial charge is 0.478 e. The van der Waals surface area contributed by atoms with E-state index < -0.39 is 11.9 Å². The monoisotopic (exact) mass is 570 g/mol. The number of ketones is 1. The number of aliphatic carboxylic acids is 2. The third-order valence-electron chi connectivity index (χ3n) is 6.76. The molecular weight excluding hydrogens is 536 g/mol. The van der Waals surface area contributed by atoms with E-state index in [1.165, 1.54) is 5.56 Å². The number of hydrogen-bond acceptors (Lipinski definition) is 7. The number of para-hydroxylation sites is 2. The maximum Gasteiger partial charge on any atom is 0.328 e. The van der Waals surface area contributed by atoms with Gasteiger partial charge in [-0.1, -0.05) is 54.6 Å². The van der Waals surface area contributed by atoms with E-state index in [0.29, 0.717) is 30.9 Å². The van der Waals surface area contributed by atoms with Crippen LogP contribution in [-0.2, 0) is 22.7 Å². The number of hydrogen-bond donors (Lipinski definition) is 2. The molecule has 0 spiro atoms. The predicted octanol–water partition coefficient (Wildman–Crippen LogP) is 4.45. The molecule has 1 fully saturated rings. The molecule has 0 bridgehead atoms. The van der Waals surface area contributed by atoms with E-state index in [4.69, 9.17) is 19.6 Å². The number of carbonyl (C=O) groups excluding carboxylic acids is 1. The molecule has 2 aromatic carbocycles. The number of aromatic nitrogens is 2. The first-order valence-corrected chi connectivity index (χ1v) is 13.7. The topological polar surface area (TPSA) is 129 Å².